The van der Waals surface area contributed by atoms with E-state index in [9.17, 15) is 4.79 Å². The summed E-state index contributed by atoms with van der Waals surface area (Å²) in [6, 6.07) is 26.5. The predicted octanol–water partition coefficient (Wildman–Crippen LogP) is 5.93. The summed E-state index contributed by atoms with van der Waals surface area (Å²) in [6.07, 6.45) is 0. The van der Waals surface area contributed by atoms with E-state index < -0.39 is 0 Å². The molecule has 0 spiro atoms. The van der Waals surface area contributed by atoms with Gasteiger partial charge in [0, 0.05) is 16.1 Å². The maximum atomic E-state index is 13.2. The van der Waals surface area contributed by atoms with E-state index in [1.54, 1.807) is 23.1 Å². The zero-order valence-electron chi connectivity index (χ0n) is 13.9. The minimum absolute atomic E-state index is 0.188. The lowest BCUT2D eigenvalue weighted by molar-refractivity contribution is 0.0960. The summed E-state index contributed by atoms with van der Waals surface area (Å²) in [5, 5.41) is 1.54. The maximum Gasteiger partial charge on any atom is 0.294 e. The highest BCUT2D eigenvalue weighted by Gasteiger charge is 2.22. The number of para-hydroxylation sites is 1. The standard InChI is InChI=1S/C22H16ClNO2/c23-18-10-12-19(13-11-18)24(15-16-6-2-1-3-7-16)22(25)21-14-17-8-4-5-9-20(17)26-21/h1-14H,15H2. The van der Waals surface area contributed by atoms with Gasteiger partial charge in [-0.2, -0.15) is 0 Å². The van der Waals surface area contributed by atoms with Gasteiger partial charge in [0.15, 0.2) is 5.76 Å². The Balaban J connectivity index is 1.73. The second-order valence-electron chi connectivity index (χ2n) is 6.00. The van der Waals surface area contributed by atoms with E-state index in [2.05, 4.69) is 0 Å². The van der Waals surface area contributed by atoms with Crippen LogP contribution in [-0.2, 0) is 6.54 Å². The lowest BCUT2D eigenvalue weighted by Crippen LogP contribution is -2.30. The molecule has 0 atom stereocenters. The number of rotatable bonds is 4. The van der Waals surface area contributed by atoms with Crippen molar-refractivity contribution in [3.05, 3.63) is 101 Å². The Morgan fingerprint density at radius 2 is 1.58 bits per heavy atom. The Labute approximate surface area is 156 Å². The van der Waals surface area contributed by atoms with Crippen LogP contribution in [-0.4, -0.2) is 5.91 Å². The van der Waals surface area contributed by atoms with Crippen molar-refractivity contribution in [2.75, 3.05) is 4.90 Å². The number of nitrogens with zero attached hydrogens (tertiary/aromatic N) is 1. The summed E-state index contributed by atoms with van der Waals surface area (Å²) in [5.74, 6) is 0.129. The number of amides is 1. The summed E-state index contributed by atoms with van der Waals surface area (Å²) in [4.78, 5) is 14.9. The van der Waals surface area contributed by atoms with Crippen LogP contribution in [0.25, 0.3) is 11.0 Å². The predicted molar refractivity (Wildman–Crippen MR) is 105 cm³/mol. The fraction of sp³-hybridized carbons (Fsp3) is 0.0455. The monoisotopic (exact) mass is 361 g/mol. The van der Waals surface area contributed by atoms with Gasteiger partial charge in [-0.1, -0.05) is 60.1 Å². The lowest BCUT2D eigenvalue weighted by Gasteiger charge is -2.22. The summed E-state index contributed by atoms with van der Waals surface area (Å²) in [6.45, 7) is 0.443. The second-order valence-corrected chi connectivity index (χ2v) is 6.44. The molecule has 4 heteroatoms. The average Bonchev–Trinajstić information content (AvgIpc) is 3.11. The largest absolute Gasteiger partial charge is 0.451 e. The first-order valence-corrected chi connectivity index (χ1v) is 8.68. The van der Waals surface area contributed by atoms with E-state index in [4.69, 9.17) is 16.0 Å². The van der Waals surface area contributed by atoms with Crippen molar-refractivity contribution >= 4 is 34.2 Å². The van der Waals surface area contributed by atoms with Gasteiger partial charge < -0.3 is 9.32 Å². The summed E-state index contributed by atoms with van der Waals surface area (Å²) >= 11 is 6.00. The molecule has 3 nitrogen and oxygen atoms in total. The molecule has 0 saturated heterocycles. The van der Waals surface area contributed by atoms with Crippen molar-refractivity contribution in [2.45, 2.75) is 6.54 Å². The van der Waals surface area contributed by atoms with Crippen LogP contribution in [0, 0.1) is 0 Å². The molecule has 0 N–H and O–H groups in total. The zero-order valence-corrected chi connectivity index (χ0v) is 14.7. The molecule has 1 heterocycles. The number of anilines is 1. The van der Waals surface area contributed by atoms with Gasteiger partial charge in [0.2, 0.25) is 0 Å². The fourth-order valence-corrected chi connectivity index (χ4v) is 3.01. The third kappa shape index (κ3) is 3.35. The van der Waals surface area contributed by atoms with Crippen LogP contribution in [0.5, 0.6) is 0 Å². The van der Waals surface area contributed by atoms with Crippen LogP contribution in [0.1, 0.15) is 16.1 Å². The van der Waals surface area contributed by atoms with Crippen LogP contribution in [0.4, 0.5) is 5.69 Å². The topological polar surface area (TPSA) is 33.5 Å². The molecule has 26 heavy (non-hydrogen) atoms. The highest BCUT2D eigenvalue weighted by Crippen LogP contribution is 2.25. The van der Waals surface area contributed by atoms with Gasteiger partial charge in [0.25, 0.3) is 5.91 Å². The van der Waals surface area contributed by atoms with E-state index in [-0.39, 0.29) is 5.91 Å². The molecule has 4 rings (SSSR count). The highest BCUT2D eigenvalue weighted by atomic mass is 35.5. The van der Waals surface area contributed by atoms with Gasteiger partial charge in [-0.15, -0.1) is 0 Å². The van der Waals surface area contributed by atoms with Gasteiger partial charge in [-0.05, 0) is 42.0 Å². The van der Waals surface area contributed by atoms with Crippen LogP contribution in [0.2, 0.25) is 5.02 Å². The Morgan fingerprint density at radius 3 is 2.31 bits per heavy atom. The van der Waals surface area contributed by atoms with Gasteiger partial charge in [-0.3, -0.25) is 4.79 Å². The van der Waals surface area contributed by atoms with E-state index in [0.717, 1.165) is 16.6 Å². The molecule has 0 aliphatic rings. The molecule has 1 amide bonds. The highest BCUT2D eigenvalue weighted by molar-refractivity contribution is 6.30. The number of hydrogen-bond donors (Lipinski definition) is 0. The van der Waals surface area contributed by atoms with Crippen molar-refractivity contribution in [3.63, 3.8) is 0 Å². The third-order valence-corrected chi connectivity index (χ3v) is 4.46. The smallest absolute Gasteiger partial charge is 0.294 e. The molecule has 0 fully saturated rings. The second kappa shape index (κ2) is 7.06. The molecule has 0 aliphatic carbocycles. The normalized spacial score (nSPS) is 10.8. The minimum atomic E-state index is -0.188. The van der Waals surface area contributed by atoms with Gasteiger partial charge in [0.1, 0.15) is 5.58 Å². The van der Waals surface area contributed by atoms with Crippen molar-refractivity contribution < 1.29 is 9.21 Å². The van der Waals surface area contributed by atoms with Crippen molar-refractivity contribution in [2.24, 2.45) is 0 Å². The number of benzene rings is 3. The van der Waals surface area contributed by atoms with E-state index in [1.165, 1.54) is 0 Å². The third-order valence-electron chi connectivity index (χ3n) is 4.20. The van der Waals surface area contributed by atoms with E-state index >= 15 is 0 Å². The Hall–Kier alpha value is -3.04. The van der Waals surface area contributed by atoms with E-state index in [1.807, 2.05) is 66.7 Å². The molecule has 0 unspecified atom stereocenters. The van der Waals surface area contributed by atoms with Gasteiger partial charge in [0.05, 0.1) is 6.54 Å². The first-order chi connectivity index (χ1) is 12.7. The van der Waals surface area contributed by atoms with Crippen LogP contribution >= 0.6 is 11.6 Å². The Kier molecular flexibility index (Phi) is 4.46. The number of fused-ring (bicyclic) bond motifs is 1. The van der Waals surface area contributed by atoms with Crippen molar-refractivity contribution in [1.82, 2.24) is 0 Å². The van der Waals surface area contributed by atoms with Crippen molar-refractivity contribution in [1.29, 1.82) is 0 Å². The zero-order chi connectivity index (χ0) is 17.9. The summed E-state index contributed by atoms with van der Waals surface area (Å²) in [7, 11) is 0. The molecule has 4 aromatic rings. The Bertz CT molecular complexity index is 1010. The minimum Gasteiger partial charge on any atom is -0.451 e. The molecular formula is C22H16ClNO2. The summed E-state index contributed by atoms with van der Waals surface area (Å²) < 4.78 is 5.78. The van der Waals surface area contributed by atoms with Crippen molar-refractivity contribution in [3.8, 4) is 0 Å². The SMILES string of the molecule is O=C(c1cc2ccccc2o1)N(Cc1ccccc1)c1ccc(Cl)cc1. The molecule has 0 radical (unpaired) electrons. The number of carbonyl (C=O) groups is 1. The first kappa shape index (κ1) is 16.4. The number of halogens is 1. The fourth-order valence-electron chi connectivity index (χ4n) is 2.89. The van der Waals surface area contributed by atoms with Crippen LogP contribution < -0.4 is 4.90 Å². The van der Waals surface area contributed by atoms with Gasteiger partial charge >= 0.3 is 0 Å². The van der Waals surface area contributed by atoms with Gasteiger partial charge in [-0.25, -0.2) is 0 Å². The van der Waals surface area contributed by atoms with Crippen LogP contribution in [0.15, 0.2) is 89.3 Å². The molecule has 3 aromatic carbocycles. The summed E-state index contributed by atoms with van der Waals surface area (Å²) in [5.41, 5.74) is 2.50. The molecule has 1 aromatic heterocycles. The molecular weight excluding hydrogens is 346 g/mol. The molecule has 0 bridgehead atoms. The number of furan rings is 1. The Morgan fingerprint density at radius 1 is 0.885 bits per heavy atom. The number of hydrogen-bond acceptors (Lipinski definition) is 2. The molecule has 0 saturated carbocycles. The van der Waals surface area contributed by atoms with E-state index in [0.29, 0.717) is 22.9 Å². The lowest BCUT2D eigenvalue weighted by atomic mass is 10.2. The molecule has 0 aliphatic heterocycles. The average molecular weight is 362 g/mol. The number of carbonyl (C=O) groups excluding carboxylic acids is 1. The molecule has 128 valence electrons. The quantitative estimate of drug-likeness (QED) is 0.451. The maximum absolute atomic E-state index is 13.2. The first-order valence-electron chi connectivity index (χ1n) is 8.31. The van der Waals surface area contributed by atoms with Crippen LogP contribution in [0.3, 0.4) is 0 Å².